The van der Waals surface area contributed by atoms with Crippen molar-refractivity contribution in [1.29, 1.82) is 0 Å². The van der Waals surface area contributed by atoms with Gasteiger partial charge >= 0.3 is 6.18 Å². The van der Waals surface area contributed by atoms with Gasteiger partial charge in [0, 0.05) is 10.6 Å². The number of carbonyl (C=O) groups is 1. The van der Waals surface area contributed by atoms with E-state index < -0.39 is 23.7 Å². The third-order valence-corrected chi connectivity index (χ3v) is 4.36. The Labute approximate surface area is 164 Å². The predicted molar refractivity (Wildman–Crippen MR) is 98.6 cm³/mol. The van der Waals surface area contributed by atoms with Gasteiger partial charge in [0.1, 0.15) is 6.54 Å². The molecule has 28 heavy (non-hydrogen) atoms. The topological polar surface area (TPSA) is 58.9 Å². The highest BCUT2D eigenvalue weighted by Gasteiger charge is 2.35. The number of anilines is 1. The van der Waals surface area contributed by atoms with Gasteiger partial charge in [-0.1, -0.05) is 41.9 Å². The lowest BCUT2D eigenvalue weighted by molar-refractivity contribution is -0.699. The number of furan rings is 1. The number of benzene rings is 2. The van der Waals surface area contributed by atoms with E-state index in [1.54, 1.807) is 47.8 Å². The number of rotatable bonds is 6. The molecular weight excluding hydrogens is 393 g/mol. The first-order valence-corrected chi connectivity index (χ1v) is 8.80. The zero-order chi connectivity index (χ0) is 20.1. The van der Waals surface area contributed by atoms with Crippen LogP contribution in [-0.4, -0.2) is 5.91 Å². The Hall–Kier alpha value is -2.77. The van der Waals surface area contributed by atoms with Gasteiger partial charge in [0.05, 0.1) is 17.5 Å². The molecule has 0 unspecified atom stereocenters. The Kier molecular flexibility index (Phi) is 6.06. The van der Waals surface area contributed by atoms with Crippen LogP contribution in [0.3, 0.4) is 0 Å². The monoisotopic (exact) mass is 409 g/mol. The first kappa shape index (κ1) is 20.0. The van der Waals surface area contributed by atoms with E-state index in [1.165, 1.54) is 12.3 Å². The van der Waals surface area contributed by atoms with E-state index in [0.717, 1.165) is 12.1 Å². The number of amides is 1. The van der Waals surface area contributed by atoms with Crippen molar-refractivity contribution >= 4 is 23.2 Å². The van der Waals surface area contributed by atoms with Gasteiger partial charge < -0.3 is 15.1 Å². The number of hydrogen-bond acceptors (Lipinski definition) is 2. The number of halogens is 4. The molecule has 1 heterocycles. The smallest absolute Gasteiger partial charge is 0.418 e. The van der Waals surface area contributed by atoms with Crippen molar-refractivity contribution in [1.82, 2.24) is 0 Å². The van der Waals surface area contributed by atoms with Gasteiger partial charge in [-0.05, 0) is 30.3 Å². The maximum absolute atomic E-state index is 13.3. The fourth-order valence-electron chi connectivity index (χ4n) is 2.79. The summed E-state index contributed by atoms with van der Waals surface area (Å²) in [5.41, 5.74) is -0.672. The molecule has 1 amide bonds. The molecule has 0 bridgehead atoms. The van der Waals surface area contributed by atoms with Crippen molar-refractivity contribution in [3.05, 3.63) is 88.8 Å². The fraction of sp³-hybridized carbons (Fsp3) is 0.150. The van der Waals surface area contributed by atoms with E-state index in [9.17, 15) is 18.0 Å². The van der Waals surface area contributed by atoms with Crippen LogP contribution in [0.15, 0.2) is 71.3 Å². The van der Waals surface area contributed by atoms with E-state index in [4.69, 9.17) is 16.0 Å². The molecule has 4 nitrogen and oxygen atoms in total. The molecule has 0 fully saturated rings. The first-order chi connectivity index (χ1) is 13.3. The number of nitrogens with one attached hydrogen (secondary N) is 1. The minimum atomic E-state index is -4.65. The van der Waals surface area contributed by atoms with Crippen molar-refractivity contribution in [2.24, 2.45) is 0 Å². The zero-order valence-corrected chi connectivity index (χ0v) is 15.3. The summed E-state index contributed by atoms with van der Waals surface area (Å²) in [5.74, 6) is 0.0711. The maximum atomic E-state index is 13.3. The minimum absolute atomic E-state index is 0.0608. The second-order valence-corrected chi connectivity index (χ2v) is 6.52. The van der Waals surface area contributed by atoms with E-state index in [0.29, 0.717) is 17.9 Å². The molecule has 146 valence electrons. The molecule has 1 aromatic heterocycles. The molecule has 0 spiro atoms. The summed E-state index contributed by atoms with van der Waals surface area (Å²) in [5, 5.41) is 4.03. The molecule has 1 atom stereocenters. The highest BCUT2D eigenvalue weighted by Crippen LogP contribution is 2.36. The van der Waals surface area contributed by atoms with Crippen LogP contribution in [0.2, 0.25) is 5.02 Å². The van der Waals surface area contributed by atoms with Gasteiger partial charge in [-0.2, -0.15) is 13.2 Å². The largest absolute Gasteiger partial charge is 0.463 e. The SMILES string of the molecule is O=C(Nc1ccc(Cl)cc1C(F)(F)F)[C@H]([NH2+]Cc1ccco1)c1ccccc1. The minimum Gasteiger partial charge on any atom is -0.463 e. The van der Waals surface area contributed by atoms with Gasteiger partial charge in [-0.25, -0.2) is 0 Å². The Morgan fingerprint density at radius 2 is 1.86 bits per heavy atom. The molecule has 0 radical (unpaired) electrons. The highest BCUT2D eigenvalue weighted by molar-refractivity contribution is 6.30. The Bertz CT molecular complexity index is 928. The quantitative estimate of drug-likeness (QED) is 0.634. The average Bonchev–Trinajstić information content (AvgIpc) is 3.17. The van der Waals surface area contributed by atoms with Gasteiger partial charge in [-0.15, -0.1) is 0 Å². The lowest BCUT2D eigenvalue weighted by Gasteiger charge is -2.18. The molecular formula is C20H17ClF3N2O2+. The lowest BCUT2D eigenvalue weighted by atomic mass is 10.1. The van der Waals surface area contributed by atoms with E-state index >= 15 is 0 Å². The summed E-state index contributed by atoms with van der Waals surface area (Å²) in [4.78, 5) is 12.9. The van der Waals surface area contributed by atoms with Crippen LogP contribution in [-0.2, 0) is 17.5 Å². The third-order valence-electron chi connectivity index (χ3n) is 4.12. The second kappa shape index (κ2) is 8.50. The van der Waals surface area contributed by atoms with Gasteiger partial charge in [-0.3, -0.25) is 4.79 Å². The summed E-state index contributed by atoms with van der Waals surface area (Å²) < 4.78 is 45.2. The van der Waals surface area contributed by atoms with Crippen LogP contribution in [0, 0.1) is 0 Å². The summed E-state index contributed by atoms with van der Waals surface area (Å²) in [6.45, 7) is 0.354. The summed E-state index contributed by atoms with van der Waals surface area (Å²) in [6, 6.07) is 14.8. The van der Waals surface area contributed by atoms with E-state index in [1.807, 2.05) is 0 Å². The van der Waals surface area contributed by atoms with Crippen molar-refractivity contribution in [3.63, 3.8) is 0 Å². The zero-order valence-electron chi connectivity index (χ0n) is 14.5. The van der Waals surface area contributed by atoms with Crippen molar-refractivity contribution in [2.45, 2.75) is 18.8 Å². The predicted octanol–water partition coefficient (Wildman–Crippen LogP) is 4.40. The van der Waals surface area contributed by atoms with Crippen molar-refractivity contribution in [3.8, 4) is 0 Å². The highest BCUT2D eigenvalue weighted by atomic mass is 35.5. The molecule has 0 saturated carbocycles. The lowest BCUT2D eigenvalue weighted by Crippen LogP contribution is -2.85. The Morgan fingerprint density at radius 1 is 1.11 bits per heavy atom. The number of hydrogen-bond donors (Lipinski definition) is 2. The molecule has 3 aromatic rings. The summed E-state index contributed by atoms with van der Waals surface area (Å²) >= 11 is 5.70. The molecule has 0 saturated heterocycles. The van der Waals surface area contributed by atoms with Crippen LogP contribution < -0.4 is 10.6 Å². The summed E-state index contributed by atoms with van der Waals surface area (Å²) in [6.07, 6.45) is -3.13. The molecule has 2 aromatic carbocycles. The Morgan fingerprint density at radius 3 is 2.50 bits per heavy atom. The number of quaternary nitrogens is 1. The van der Waals surface area contributed by atoms with Gasteiger partial charge in [0.25, 0.3) is 5.91 Å². The standard InChI is InChI=1S/C20H16ClF3N2O2/c21-14-8-9-17(16(11-14)20(22,23)24)26-19(27)18(13-5-2-1-3-6-13)25-12-15-7-4-10-28-15/h1-11,18,25H,12H2,(H,26,27)/p+1/t18-/m1/s1. The third kappa shape index (κ3) is 4.94. The van der Waals surface area contributed by atoms with E-state index in [2.05, 4.69) is 5.32 Å². The van der Waals surface area contributed by atoms with Crippen LogP contribution in [0.4, 0.5) is 18.9 Å². The number of nitrogens with two attached hydrogens (primary N) is 1. The molecule has 3 N–H and O–H groups in total. The Balaban J connectivity index is 1.86. The molecule has 3 rings (SSSR count). The first-order valence-electron chi connectivity index (χ1n) is 8.43. The van der Waals surface area contributed by atoms with Gasteiger partial charge in [0.2, 0.25) is 0 Å². The van der Waals surface area contributed by atoms with Gasteiger partial charge in [0.15, 0.2) is 11.8 Å². The van der Waals surface area contributed by atoms with Crippen molar-refractivity contribution in [2.75, 3.05) is 5.32 Å². The molecule has 0 aliphatic heterocycles. The average molecular weight is 410 g/mol. The van der Waals surface area contributed by atoms with Crippen molar-refractivity contribution < 1.29 is 27.7 Å². The van der Waals surface area contributed by atoms with Crippen LogP contribution in [0.5, 0.6) is 0 Å². The molecule has 8 heteroatoms. The number of carbonyl (C=O) groups excluding carboxylic acids is 1. The van der Waals surface area contributed by atoms with E-state index in [-0.39, 0.29) is 10.7 Å². The van der Waals surface area contributed by atoms with Crippen LogP contribution >= 0.6 is 11.6 Å². The molecule has 0 aliphatic rings. The normalized spacial score (nSPS) is 12.6. The maximum Gasteiger partial charge on any atom is 0.418 e. The number of alkyl halides is 3. The van der Waals surface area contributed by atoms with Crippen LogP contribution in [0.1, 0.15) is 22.9 Å². The second-order valence-electron chi connectivity index (χ2n) is 6.08. The van der Waals surface area contributed by atoms with Crippen LogP contribution in [0.25, 0.3) is 0 Å². The fourth-order valence-corrected chi connectivity index (χ4v) is 2.96. The molecule has 0 aliphatic carbocycles. The summed E-state index contributed by atoms with van der Waals surface area (Å²) in [7, 11) is 0.